The number of benzene rings is 1. The Morgan fingerprint density at radius 2 is 1.96 bits per heavy atom. The van der Waals surface area contributed by atoms with E-state index in [1.165, 1.54) is 0 Å². The topological polar surface area (TPSA) is 67.4 Å². The first-order chi connectivity index (χ1) is 10.9. The minimum atomic E-state index is -0.994. The third kappa shape index (κ3) is 4.48. The van der Waals surface area contributed by atoms with Crippen molar-refractivity contribution in [2.24, 2.45) is 5.92 Å². The van der Waals surface area contributed by atoms with Crippen LogP contribution in [0.25, 0.3) is 0 Å². The average Bonchev–Trinajstić information content (AvgIpc) is 3.02. The third-order valence-electron chi connectivity index (χ3n) is 3.45. The maximum absolute atomic E-state index is 14.0. The minimum Gasteiger partial charge on any atom is -0.368 e. The first-order valence-electron chi connectivity index (χ1n) is 7.58. The van der Waals surface area contributed by atoms with E-state index >= 15 is 0 Å². The van der Waals surface area contributed by atoms with Crippen LogP contribution in [0.4, 0.5) is 14.5 Å². The predicted molar refractivity (Wildman–Crippen MR) is 81.1 cm³/mol. The summed E-state index contributed by atoms with van der Waals surface area (Å²) >= 11 is 0. The Labute approximate surface area is 133 Å². The van der Waals surface area contributed by atoms with Gasteiger partial charge < -0.3 is 15.4 Å². The van der Waals surface area contributed by atoms with Crippen molar-refractivity contribution in [2.75, 3.05) is 18.5 Å². The molecule has 1 fully saturated rings. The van der Waals surface area contributed by atoms with Crippen LogP contribution in [0.15, 0.2) is 12.1 Å². The molecule has 126 valence electrons. The van der Waals surface area contributed by atoms with Gasteiger partial charge in [0.25, 0.3) is 11.8 Å². The lowest BCUT2D eigenvalue weighted by molar-refractivity contribution is -0.124. The average molecular weight is 326 g/mol. The van der Waals surface area contributed by atoms with Crippen molar-refractivity contribution < 1.29 is 23.1 Å². The zero-order valence-corrected chi connectivity index (χ0v) is 13.1. The van der Waals surface area contributed by atoms with E-state index in [0.29, 0.717) is 19.6 Å². The smallest absolute Gasteiger partial charge is 0.253 e. The molecule has 0 spiro atoms. The molecular weight excluding hydrogens is 306 g/mol. The van der Waals surface area contributed by atoms with Crippen molar-refractivity contribution in [3.8, 4) is 0 Å². The molecule has 0 unspecified atom stereocenters. The molecule has 1 heterocycles. The van der Waals surface area contributed by atoms with E-state index < -0.39 is 35.2 Å². The van der Waals surface area contributed by atoms with E-state index in [1.54, 1.807) is 0 Å². The number of nitrogens with one attached hydrogen (secondary N) is 2. The highest BCUT2D eigenvalue weighted by Crippen LogP contribution is 2.22. The number of hydrogen-bond donors (Lipinski definition) is 2. The Morgan fingerprint density at radius 1 is 1.30 bits per heavy atom. The molecule has 2 rings (SSSR count). The molecule has 1 aromatic carbocycles. The van der Waals surface area contributed by atoms with E-state index in [9.17, 15) is 18.4 Å². The molecule has 1 aliphatic heterocycles. The fourth-order valence-corrected chi connectivity index (χ4v) is 2.21. The zero-order valence-electron chi connectivity index (χ0n) is 13.1. The monoisotopic (exact) mass is 326 g/mol. The number of hydrogen-bond acceptors (Lipinski definition) is 3. The van der Waals surface area contributed by atoms with Gasteiger partial charge in [0, 0.05) is 18.7 Å². The van der Waals surface area contributed by atoms with E-state index in [4.69, 9.17) is 4.74 Å². The lowest BCUT2D eigenvalue weighted by atomic mass is 10.1. The summed E-state index contributed by atoms with van der Waals surface area (Å²) < 4.78 is 33.2. The largest absolute Gasteiger partial charge is 0.368 e. The van der Waals surface area contributed by atoms with Gasteiger partial charge in [-0.1, -0.05) is 13.8 Å². The number of amides is 2. The van der Waals surface area contributed by atoms with Crippen molar-refractivity contribution in [2.45, 2.75) is 32.8 Å². The minimum absolute atomic E-state index is 0.129. The van der Waals surface area contributed by atoms with Crippen molar-refractivity contribution in [1.82, 2.24) is 5.32 Å². The van der Waals surface area contributed by atoms with Crippen LogP contribution < -0.4 is 10.6 Å². The molecule has 0 aliphatic carbocycles. The van der Waals surface area contributed by atoms with Crippen LogP contribution in [0.1, 0.15) is 37.0 Å². The highest BCUT2D eigenvalue weighted by Gasteiger charge is 2.26. The number of ether oxygens (including phenoxy) is 1. The summed E-state index contributed by atoms with van der Waals surface area (Å²) in [6, 6.07) is 1.81. The predicted octanol–water partition coefficient (Wildman–Crippen LogP) is 2.47. The van der Waals surface area contributed by atoms with Crippen LogP contribution >= 0.6 is 0 Å². The Kier molecular flexibility index (Phi) is 5.65. The van der Waals surface area contributed by atoms with Gasteiger partial charge in [0.05, 0.1) is 0 Å². The molecule has 0 radical (unpaired) electrons. The van der Waals surface area contributed by atoms with Crippen LogP contribution in [-0.4, -0.2) is 31.1 Å². The summed E-state index contributed by atoms with van der Waals surface area (Å²) in [7, 11) is 0. The molecule has 1 aliphatic rings. The van der Waals surface area contributed by atoms with Gasteiger partial charge in [-0.3, -0.25) is 9.59 Å². The van der Waals surface area contributed by atoms with Gasteiger partial charge in [-0.15, -0.1) is 0 Å². The van der Waals surface area contributed by atoms with Gasteiger partial charge in [0.2, 0.25) is 0 Å². The maximum atomic E-state index is 14.0. The van der Waals surface area contributed by atoms with Gasteiger partial charge in [-0.2, -0.15) is 0 Å². The molecule has 1 saturated heterocycles. The van der Waals surface area contributed by atoms with E-state index in [-0.39, 0.29) is 11.5 Å². The molecule has 2 N–H and O–H groups in total. The molecule has 23 heavy (non-hydrogen) atoms. The summed E-state index contributed by atoms with van der Waals surface area (Å²) in [5.74, 6) is -2.92. The van der Waals surface area contributed by atoms with Gasteiger partial charge in [0.1, 0.15) is 11.8 Å². The third-order valence-corrected chi connectivity index (χ3v) is 3.45. The van der Waals surface area contributed by atoms with Crippen molar-refractivity contribution >= 4 is 17.5 Å². The second-order valence-corrected chi connectivity index (χ2v) is 5.91. The standard InChI is InChI=1S/C16H20F2N2O3/c1-9(2)8-19-15(21)10-6-11(17)14(12(18)7-10)20-16(22)13-4-3-5-23-13/h6-7,9,13H,3-5,8H2,1-2H3,(H,19,21)(H,20,22)/t13-/m1/s1. The van der Waals surface area contributed by atoms with Gasteiger partial charge in [-0.05, 0) is 30.9 Å². The molecule has 1 aromatic rings. The summed E-state index contributed by atoms with van der Waals surface area (Å²) in [5.41, 5.74) is -0.693. The maximum Gasteiger partial charge on any atom is 0.253 e. The molecular formula is C16H20F2N2O3. The van der Waals surface area contributed by atoms with Crippen molar-refractivity contribution in [3.05, 3.63) is 29.3 Å². The van der Waals surface area contributed by atoms with Gasteiger partial charge in [-0.25, -0.2) is 8.78 Å². The fourth-order valence-electron chi connectivity index (χ4n) is 2.21. The number of rotatable bonds is 5. The summed E-state index contributed by atoms with van der Waals surface area (Å²) in [6.07, 6.45) is 0.561. The van der Waals surface area contributed by atoms with Crippen LogP contribution in [0.2, 0.25) is 0 Å². The highest BCUT2D eigenvalue weighted by molar-refractivity contribution is 5.97. The van der Waals surface area contributed by atoms with E-state index in [1.807, 2.05) is 13.8 Å². The quantitative estimate of drug-likeness (QED) is 0.873. The molecule has 0 saturated carbocycles. The Balaban J connectivity index is 2.10. The lowest BCUT2D eigenvalue weighted by Gasteiger charge is -2.13. The molecule has 1 atom stereocenters. The summed E-state index contributed by atoms with van der Waals surface area (Å²) in [4.78, 5) is 23.7. The second-order valence-electron chi connectivity index (χ2n) is 5.91. The molecule has 5 nitrogen and oxygen atoms in total. The second kappa shape index (κ2) is 7.50. The summed E-state index contributed by atoms with van der Waals surface area (Å²) in [6.45, 7) is 4.67. The van der Waals surface area contributed by atoms with Gasteiger partial charge in [0.15, 0.2) is 11.6 Å². The van der Waals surface area contributed by atoms with Crippen molar-refractivity contribution in [3.63, 3.8) is 0 Å². The highest BCUT2D eigenvalue weighted by atomic mass is 19.1. The molecule has 2 amide bonds. The van der Waals surface area contributed by atoms with Crippen LogP contribution in [0.5, 0.6) is 0 Å². The summed E-state index contributed by atoms with van der Waals surface area (Å²) in [5, 5.41) is 4.77. The van der Waals surface area contributed by atoms with Crippen molar-refractivity contribution in [1.29, 1.82) is 0 Å². The number of carbonyl (C=O) groups excluding carboxylic acids is 2. The normalized spacial score (nSPS) is 17.3. The number of halogens is 2. The van der Waals surface area contributed by atoms with E-state index in [0.717, 1.165) is 18.6 Å². The zero-order chi connectivity index (χ0) is 17.0. The number of carbonyl (C=O) groups is 2. The Bertz CT molecular complexity index is 576. The first-order valence-corrected chi connectivity index (χ1v) is 7.58. The van der Waals surface area contributed by atoms with Crippen LogP contribution in [0.3, 0.4) is 0 Å². The lowest BCUT2D eigenvalue weighted by Crippen LogP contribution is -2.29. The number of anilines is 1. The fraction of sp³-hybridized carbons (Fsp3) is 0.500. The van der Waals surface area contributed by atoms with E-state index in [2.05, 4.69) is 10.6 Å². The van der Waals surface area contributed by atoms with Gasteiger partial charge >= 0.3 is 0 Å². The molecule has 7 heteroatoms. The first kappa shape index (κ1) is 17.3. The molecule has 0 aromatic heterocycles. The Morgan fingerprint density at radius 3 is 2.48 bits per heavy atom. The Hall–Kier alpha value is -2.02. The van der Waals surface area contributed by atoms with Crippen LogP contribution in [-0.2, 0) is 9.53 Å². The SMILES string of the molecule is CC(C)CNC(=O)c1cc(F)c(NC(=O)[C@H]2CCCO2)c(F)c1. The molecule has 0 bridgehead atoms. The van der Waals surface area contributed by atoms with Crippen LogP contribution in [0, 0.1) is 17.6 Å².